The van der Waals surface area contributed by atoms with Crippen molar-refractivity contribution >= 4 is 15.9 Å². The van der Waals surface area contributed by atoms with Crippen molar-refractivity contribution in [2.45, 2.75) is 38.2 Å². The Balaban J connectivity index is 2.08. The van der Waals surface area contributed by atoms with Crippen molar-refractivity contribution in [3.05, 3.63) is 28.2 Å². The molecule has 0 bridgehead atoms. The molecule has 2 unspecified atom stereocenters. The molecule has 3 heteroatoms. The van der Waals surface area contributed by atoms with Gasteiger partial charge in [0.15, 0.2) is 0 Å². The van der Waals surface area contributed by atoms with E-state index >= 15 is 0 Å². The fourth-order valence-electron chi connectivity index (χ4n) is 2.67. The number of rotatable bonds is 3. The average Bonchev–Trinajstić information content (AvgIpc) is 2.29. The molecule has 0 heterocycles. The third-order valence-electron chi connectivity index (χ3n) is 3.51. The van der Waals surface area contributed by atoms with Crippen LogP contribution >= 0.6 is 15.9 Å². The topological polar surface area (TPSA) is 29.5 Å². The molecular weight excluding hydrogens is 280 g/mol. The Morgan fingerprint density at radius 1 is 1.41 bits per heavy atom. The molecule has 1 aromatic carbocycles. The molecule has 2 atom stereocenters. The largest absolute Gasteiger partial charge is 0.496 e. The molecule has 0 aliphatic heterocycles. The van der Waals surface area contributed by atoms with Crippen LogP contribution in [0.1, 0.15) is 31.2 Å². The molecule has 0 radical (unpaired) electrons. The van der Waals surface area contributed by atoms with E-state index in [9.17, 15) is 5.11 Å². The average molecular weight is 299 g/mol. The van der Waals surface area contributed by atoms with Crippen LogP contribution in [-0.4, -0.2) is 18.3 Å². The van der Waals surface area contributed by atoms with Crippen LogP contribution in [-0.2, 0) is 6.42 Å². The van der Waals surface area contributed by atoms with E-state index in [2.05, 4.69) is 22.0 Å². The van der Waals surface area contributed by atoms with Crippen LogP contribution in [0, 0.1) is 5.92 Å². The molecule has 0 saturated heterocycles. The van der Waals surface area contributed by atoms with Gasteiger partial charge in [0.2, 0.25) is 0 Å². The number of halogens is 1. The van der Waals surface area contributed by atoms with Gasteiger partial charge in [0.25, 0.3) is 0 Å². The maximum atomic E-state index is 9.70. The van der Waals surface area contributed by atoms with E-state index in [1.807, 2.05) is 12.1 Å². The summed E-state index contributed by atoms with van der Waals surface area (Å²) in [5.74, 6) is 1.54. The molecule has 94 valence electrons. The zero-order valence-electron chi connectivity index (χ0n) is 10.2. The summed E-state index contributed by atoms with van der Waals surface area (Å²) in [6.45, 7) is 0. The lowest BCUT2D eigenvalue weighted by Crippen LogP contribution is -2.21. The van der Waals surface area contributed by atoms with Gasteiger partial charge in [-0.2, -0.15) is 0 Å². The van der Waals surface area contributed by atoms with Crippen LogP contribution in [0.3, 0.4) is 0 Å². The fourth-order valence-corrected chi connectivity index (χ4v) is 3.07. The summed E-state index contributed by atoms with van der Waals surface area (Å²) in [5.41, 5.74) is 1.24. The Kier molecular flexibility index (Phi) is 4.46. The number of aliphatic hydroxyl groups is 1. The van der Waals surface area contributed by atoms with Crippen LogP contribution in [0.25, 0.3) is 0 Å². The van der Waals surface area contributed by atoms with Crippen molar-refractivity contribution in [1.82, 2.24) is 0 Å². The Morgan fingerprint density at radius 2 is 2.24 bits per heavy atom. The van der Waals surface area contributed by atoms with Gasteiger partial charge in [-0.05, 0) is 55.4 Å². The molecule has 1 aliphatic carbocycles. The minimum absolute atomic E-state index is 0.105. The van der Waals surface area contributed by atoms with E-state index in [0.717, 1.165) is 35.9 Å². The molecule has 2 nitrogen and oxygen atoms in total. The second-order valence-electron chi connectivity index (χ2n) is 4.85. The van der Waals surface area contributed by atoms with E-state index < -0.39 is 0 Å². The summed E-state index contributed by atoms with van der Waals surface area (Å²) in [6, 6.07) is 6.12. The summed E-state index contributed by atoms with van der Waals surface area (Å²) in [4.78, 5) is 0. The molecule has 2 rings (SSSR count). The lowest BCUT2D eigenvalue weighted by atomic mass is 9.83. The number of ether oxygens (including phenoxy) is 1. The Bertz CT molecular complexity index is 378. The second kappa shape index (κ2) is 5.87. The maximum absolute atomic E-state index is 9.70. The van der Waals surface area contributed by atoms with Gasteiger partial charge in [-0.3, -0.25) is 0 Å². The highest BCUT2D eigenvalue weighted by atomic mass is 79.9. The summed E-state index contributed by atoms with van der Waals surface area (Å²) in [7, 11) is 1.71. The van der Waals surface area contributed by atoms with E-state index in [-0.39, 0.29) is 6.10 Å². The lowest BCUT2D eigenvalue weighted by molar-refractivity contribution is 0.101. The van der Waals surface area contributed by atoms with E-state index in [1.165, 1.54) is 12.0 Å². The van der Waals surface area contributed by atoms with Gasteiger partial charge < -0.3 is 9.84 Å². The third kappa shape index (κ3) is 3.46. The number of aliphatic hydroxyl groups excluding tert-OH is 1. The minimum Gasteiger partial charge on any atom is -0.496 e. The summed E-state index contributed by atoms with van der Waals surface area (Å²) in [5, 5.41) is 9.70. The molecular formula is C14H19BrO2. The van der Waals surface area contributed by atoms with Crippen LogP contribution in [0.4, 0.5) is 0 Å². The van der Waals surface area contributed by atoms with E-state index in [0.29, 0.717) is 5.92 Å². The van der Waals surface area contributed by atoms with Crippen molar-refractivity contribution in [2.24, 2.45) is 5.92 Å². The van der Waals surface area contributed by atoms with Crippen molar-refractivity contribution in [2.75, 3.05) is 7.11 Å². The quantitative estimate of drug-likeness (QED) is 0.925. The fraction of sp³-hybridized carbons (Fsp3) is 0.571. The SMILES string of the molecule is COc1ccc(Br)cc1CC1CCCC(O)C1. The molecule has 0 aromatic heterocycles. The first-order chi connectivity index (χ1) is 8.19. The maximum Gasteiger partial charge on any atom is 0.122 e. The zero-order chi connectivity index (χ0) is 12.3. The standard InChI is InChI=1S/C14H19BrO2/c1-17-14-6-5-12(15)9-11(14)7-10-3-2-4-13(16)8-10/h5-6,9-10,13,16H,2-4,7-8H2,1H3. The molecule has 1 aliphatic rings. The van der Waals surface area contributed by atoms with Crippen molar-refractivity contribution in [3.63, 3.8) is 0 Å². The van der Waals surface area contributed by atoms with Gasteiger partial charge >= 0.3 is 0 Å². The monoisotopic (exact) mass is 298 g/mol. The zero-order valence-corrected chi connectivity index (χ0v) is 11.7. The van der Waals surface area contributed by atoms with Gasteiger partial charge in [0.05, 0.1) is 13.2 Å². The first kappa shape index (κ1) is 12.9. The van der Waals surface area contributed by atoms with Crippen molar-refractivity contribution < 1.29 is 9.84 Å². The molecule has 1 fully saturated rings. The number of benzene rings is 1. The first-order valence-electron chi connectivity index (χ1n) is 6.19. The third-order valence-corrected chi connectivity index (χ3v) is 4.00. The van der Waals surface area contributed by atoms with E-state index in [4.69, 9.17) is 4.74 Å². The smallest absolute Gasteiger partial charge is 0.122 e. The van der Waals surface area contributed by atoms with Crippen LogP contribution < -0.4 is 4.74 Å². The predicted octanol–water partition coefficient (Wildman–Crippen LogP) is 3.55. The molecule has 0 spiro atoms. The summed E-state index contributed by atoms with van der Waals surface area (Å²) >= 11 is 3.50. The lowest BCUT2D eigenvalue weighted by Gasteiger charge is -2.26. The van der Waals surface area contributed by atoms with Gasteiger partial charge in [-0.25, -0.2) is 0 Å². The molecule has 17 heavy (non-hydrogen) atoms. The Hall–Kier alpha value is -0.540. The van der Waals surface area contributed by atoms with Gasteiger partial charge in [0.1, 0.15) is 5.75 Å². The highest BCUT2D eigenvalue weighted by Gasteiger charge is 2.21. The van der Waals surface area contributed by atoms with Gasteiger partial charge in [-0.15, -0.1) is 0 Å². The summed E-state index contributed by atoms with van der Waals surface area (Å²) < 4.78 is 6.47. The molecule has 1 aromatic rings. The number of hydrogen-bond acceptors (Lipinski definition) is 2. The number of hydrogen-bond donors (Lipinski definition) is 1. The molecule has 1 N–H and O–H groups in total. The normalized spacial score (nSPS) is 24.6. The molecule has 1 saturated carbocycles. The first-order valence-corrected chi connectivity index (χ1v) is 6.99. The van der Waals surface area contributed by atoms with E-state index in [1.54, 1.807) is 7.11 Å². The van der Waals surface area contributed by atoms with Crippen molar-refractivity contribution in [3.8, 4) is 5.75 Å². The highest BCUT2D eigenvalue weighted by molar-refractivity contribution is 9.10. The van der Waals surface area contributed by atoms with Crippen LogP contribution in [0.2, 0.25) is 0 Å². The van der Waals surface area contributed by atoms with Crippen molar-refractivity contribution in [1.29, 1.82) is 0 Å². The summed E-state index contributed by atoms with van der Waals surface area (Å²) in [6.07, 6.45) is 5.14. The second-order valence-corrected chi connectivity index (χ2v) is 5.76. The van der Waals surface area contributed by atoms with Crippen LogP contribution in [0.5, 0.6) is 5.75 Å². The van der Waals surface area contributed by atoms with Gasteiger partial charge in [-0.1, -0.05) is 22.4 Å². The van der Waals surface area contributed by atoms with Gasteiger partial charge in [0, 0.05) is 4.47 Å². The Morgan fingerprint density at radius 3 is 2.94 bits per heavy atom. The number of methoxy groups -OCH3 is 1. The minimum atomic E-state index is -0.105. The molecule has 0 amide bonds. The Labute approximate surface area is 111 Å². The predicted molar refractivity (Wildman–Crippen MR) is 72.4 cm³/mol. The van der Waals surface area contributed by atoms with Crippen LogP contribution in [0.15, 0.2) is 22.7 Å². The highest BCUT2D eigenvalue weighted by Crippen LogP contribution is 2.31.